The normalized spacial score (nSPS) is 12.5. The Balaban J connectivity index is 1.61. The van der Waals surface area contributed by atoms with E-state index in [-0.39, 0.29) is 11.4 Å². The molecule has 0 atom stereocenters. The fraction of sp³-hybridized carbons (Fsp3) is 0.200. The number of benzene rings is 2. The number of aromatic nitrogens is 2. The van der Waals surface area contributed by atoms with E-state index in [4.69, 9.17) is 14.2 Å². The number of para-hydroxylation sites is 1. The van der Waals surface area contributed by atoms with E-state index in [1.54, 1.807) is 31.6 Å². The molecule has 0 bridgehead atoms. The molecule has 0 spiro atoms. The SMILES string of the molecule is COc1ccccc1CNc1nccn(-c2ccc3c(c2)OCCO3)c1=O. The molecule has 0 fully saturated rings. The van der Waals surface area contributed by atoms with E-state index in [0.717, 1.165) is 11.3 Å². The Morgan fingerprint density at radius 1 is 1.15 bits per heavy atom. The van der Waals surface area contributed by atoms with E-state index < -0.39 is 0 Å². The summed E-state index contributed by atoms with van der Waals surface area (Å²) in [7, 11) is 1.62. The number of ether oxygens (including phenoxy) is 3. The zero-order valence-electron chi connectivity index (χ0n) is 14.8. The summed E-state index contributed by atoms with van der Waals surface area (Å²) in [6, 6.07) is 13.1. The molecule has 0 saturated carbocycles. The summed E-state index contributed by atoms with van der Waals surface area (Å²) in [5.74, 6) is 2.33. The van der Waals surface area contributed by atoms with E-state index in [9.17, 15) is 4.79 Å². The van der Waals surface area contributed by atoms with Crippen LogP contribution in [0.15, 0.2) is 59.7 Å². The Bertz CT molecular complexity index is 1020. The fourth-order valence-corrected chi connectivity index (χ4v) is 2.95. The number of rotatable bonds is 5. The van der Waals surface area contributed by atoms with Crippen LogP contribution in [0.4, 0.5) is 5.82 Å². The van der Waals surface area contributed by atoms with E-state index in [1.807, 2.05) is 30.3 Å². The van der Waals surface area contributed by atoms with Crippen LogP contribution >= 0.6 is 0 Å². The molecule has 3 aromatic rings. The van der Waals surface area contributed by atoms with Crippen LogP contribution in [-0.4, -0.2) is 29.9 Å². The van der Waals surface area contributed by atoms with Gasteiger partial charge in [0.05, 0.1) is 12.8 Å². The Hall–Kier alpha value is -3.48. The monoisotopic (exact) mass is 365 g/mol. The van der Waals surface area contributed by atoms with Gasteiger partial charge in [0.1, 0.15) is 19.0 Å². The van der Waals surface area contributed by atoms with Crippen molar-refractivity contribution in [1.29, 1.82) is 0 Å². The molecular formula is C20H19N3O4. The van der Waals surface area contributed by atoms with Gasteiger partial charge in [0.15, 0.2) is 17.3 Å². The van der Waals surface area contributed by atoms with Crippen LogP contribution < -0.4 is 25.1 Å². The van der Waals surface area contributed by atoms with Gasteiger partial charge in [-0.3, -0.25) is 9.36 Å². The highest BCUT2D eigenvalue weighted by Gasteiger charge is 2.14. The van der Waals surface area contributed by atoms with Gasteiger partial charge in [-0.15, -0.1) is 0 Å². The summed E-state index contributed by atoms with van der Waals surface area (Å²) in [5.41, 5.74) is 1.38. The van der Waals surface area contributed by atoms with Gasteiger partial charge in [-0.25, -0.2) is 4.98 Å². The van der Waals surface area contributed by atoms with Crippen molar-refractivity contribution in [1.82, 2.24) is 9.55 Å². The van der Waals surface area contributed by atoms with Gasteiger partial charge >= 0.3 is 0 Å². The molecule has 0 unspecified atom stereocenters. The van der Waals surface area contributed by atoms with Crippen molar-refractivity contribution in [2.24, 2.45) is 0 Å². The molecule has 4 rings (SSSR count). The molecule has 1 aromatic heterocycles. The van der Waals surface area contributed by atoms with Crippen molar-refractivity contribution in [2.45, 2.75) is 6.54 Å². The third kappa shape index (κ3) is 3.44. The highest BCUT2D eigenvalue weighted by molar-refractivity contribution is 5.50. The molecule has 0 saturated heterocycles. The van der Waals surface area contributed by atoms with Crippen molar-refractivity contribution in [3.63, 3.8) is 0 Å². The van der Waals surface area contributed by atoms with Gasteiger partial charge in [-0.1, -0.05) is 18.2 Å². The van der Waals surface area contributed by atoms with Crippen LogP contribution in [0.25, 0.3) is 5.69 Å². The van der Waals surface area contributed by atoms with E-state index in [0.29, 0.717) is 36.9 Å². The van der Waals surface area contributed by atoms with Gasteiger partial charge in [-0.2, -0.15) is 0 Å². The quantitative estimate of drug-likeness (QED) is 0.749. The molecule has 27 heavy (non-hydrogen) atoms. The molecule has 0 radical (unpaired) electrons. The van der Waals surface area contributed by atoms with Crippen LogP contribution in [0, 0.1) is 0 Å². The molecule has 2 aromatic carbocycles. The summed E-state index contributed by atoms with van der Waals surface area (Å²) in [6.07, 6.45) is 3.21. The predicted molar refractivity (Wildman–Crippen MR) is 101 cm³/mol. The topological polar surface area (TPSA) is 74.6 Å². The lowest BCUT2D eigenvalue weighted by Crippen LogP contribution is -2.23. The first-order valence-electron chi connectivity index (χ1n) is 8.60. The largest absolute Gasteiger partial charge is 0.496 e. The zero-order chi connectivity index (χ0) is 18.6. The van der Waals surface area contributed by atoms with E-state index >= 15 is 0 Å². The third-order valence-electron chi connectivity index (χ3n) is 4.28. The smallest absolute Gasteiger partial charge is 0.297 e. The Kier molecular flexibility index (Phi) is 4.65. The van der Waals surface area contributed by atoms with Crippen molar-refractivity contribution in [3.8, 4) is 22.9 Å². The van der Waals surface area contributed by atoms with Crippen molar-refractivity contribution >= 4 is 5.82 Å². The first-order valence-corrected chi connectivity index (χ1v) is 8.60. The maximum Gasteiger partial charge on any atom is 0.297 e. The Morgan fingerprint density at radius 3 is 2.81 bits per heavy atom. The summed E-state index contributed by atoms with van der Waals surface area (Å²) in [6.45, 7) is 1.45. The number of hydrogen-bond acceptors (Lipinski definition) is 6. The van der Waals surface area contributed by atoms with Crippen LogP contribution in [-0.2, 0) is 6.54 Å². The average molecular weight is 365 g/mol. The van der Waals surface area contributed by atoms with Crippen LogP contribution in [0.1, 0.15) is 5.56 Å². The van der Waals surface area contributed by atoms with Gasteiger partial charge in [0, 0.05) is 30.6 Å². The molecule has 1 aliphatic rings. The van der Waals surface area contributed by atoms with E-state index in [1.165, 1.54) is 4.57 Å². The molecule has 1 aliphatic heterocycles. The summed E-state index contributed by atoms with van der Waals surface area (Å²) < 4.78 is 18.0. The van der Waals surface area contributed by atoms with Crippen molar-refractivity contribution < 1.29 is 14.2 Å². The number of nitrogens with one attached hydrogen (secondary N) is 1. The van der Waals surface area contributed by atoms with Crippen molar-refractivity contribution in [2.75, 3.05) is 25.6 Å². The van der Waals surface area contributed by atoms with Gasteiger partial charge < -0.3 is 19.5 Å². The van der Waals surface area contributed by atoms with Crippen LogP contribution in [0.5, 0.6) is 17.2 Å². The average Bonchev–Trinajstić information content (AvgIpc) is 2.73. The van der Waals surface area contributed by atoms with Gasteiger partial charge in [0.25, 0.3) is 5.56 Å². The second-order valence-electron chi connectivity index (χ2n) is 5.94. The molecular weight excluding hydrogens is 346 g/mol. The molecule has 7 nitrogen and oxygen atoms in total. The minimum atomic E-state index is -0.246. The lowest BCUT2D eigenvalue weighted by Gasteiger charge is -2.19. The molecule has 138 valence electrons. The Labute approximate surface area is 156 Å². The Morgan fingerprint density at radius 2 is 1.96 bits per heavy atom. The number of anilines is 1. The highest BCUT2D eigenvalue weighted by atomic mass is 16.6. The second kappa shape index (κ2) is 7.41. The minimum absolute atomic E-state index is 0.246. The predicted octanol–water partition coefficient (Wildman–Crippen LogP) is 2.62. The lowest BCUT2D eigenvalue weighted by atomic mass is 10.2. The van der Waals surface area contributed by atoms with Crippen LogP contribution in [0.3, 0.4) is 0 Å². The molecule has 7 heteroatoms. The lowest BCUT2D eigenvalue weighted by molar-refractivity contribution is 0.171. The number of nitrogens with zero attached hydrogens (tertiary/aromatic N) is 2. The first kappa shape index (κ1) is 17.0. The number of methoxy groups -OCH3 is 1. The maximum absolute atomic E-state index is 12.8. The summed E-state index contributed by atoms with van der Waals surface area (Å²) in [4.78, 5) is 17.0. The first-order chi connectivity index (χ1) is 13.3. The fourth-order valence-electron chi connectivity index (χ4n) is 2.95. The van der Waals surface area contributed by atoms with Crippen molar-refractivity contribution in [3.05, 3.63) is 70.8 Å². The van der Waals surface area contributed by atoms with E-state index in [2.05, 4.69) is 10.3 Å². The molecule has 1 N–H and O–H groups in total. The summed E-state index contributed by atoms with van der Waals surface area (Å²) >= 11 is 0. The molecule has 0 aliphatic carbocycles. The minimum Gasteiger partial charge on any atom is -0.496 e. The highest BCUT2D eigenvalue weighted by Crippen LogP contribution is 2.31. The molecule has 2 heterocycles. The second-order valence-corrected chi connectivity index (χ2v) is 5.94. The number of hydrogen-bond donors (Lipinski definition) is 1. The standard InChI is InChI=1S/C20H19N3O4/c1-25-16-5-3-2-4-14(16)13-22-19-20(24)23(9-8-21-19)15-6-7-17-18(12-15)27-11-10-26-17/h2-9,12H,10-11,13H2,1H3,(H,21,22). The maximum atomic E-state index is 12.8. The number of fused-ring (bicyclic) bond motifs is 1. The summed E-state index contributed by atoms with van der Waals surface area (Å²) in [5, 5.41) is 3.10. The third-order valence-corrected chi connectivity index (χ3v) is 4.28. The molecule has 0 amide bonds. The van der Waals surface area contributed by atoms with Gasteiger partial charge in [-0.05, 0) is 18.2 Å². The van der Waals surface area contributed by atoms with Gasteiger partial charge in [0.2, 0.25) is 0 Å². The zero-order valence-corrected chi connectivity index (χ0v) is 14.8. The van der Waals surface area contributed by atoms with Crippen LogP contribution in [0.2, 0.25) is 0 Å².